The minimum absolute atomic E-state index is 0.0788. The topological polar surface area (TPSA) is 58.6 Å². The van der Waals surface area contributed by atoms with Crippen molar-refractivity contribution in [3.8, 4) is 0 Å². The van der Waals surface area contributed by atoms with Crippen LogP contribution < -0.4 is 5.32 Å². The van der Waals surface area contributed by atoms with Crippen molar-refractivity contribution >= 4 is 11.9 Å². The van der Waals surface area contributed by atoms with Gasteiger partial charge in [-0.15, -0.1) is 0 Å². The van der Waals surface area contributed by atoms with E-state index in [1.54, 1.807) is 11.9 Å². The van der Waals surface area contributed by atoms with E-state index >= 15 is 0 Å². The Labute approximate surface area is 96.1 Å². The van der Waals surface area contributed by atoms with E-state index in [1.807, 2.05) is 13.8 Å². The Kier molecular flexibility index (Phi) is 4.73. The van der Waals surface area contributed by atoms with E-state index in [2.05, 4.69) is 5.32 Å². The van der Waals surface area contributed by atoms with Crippen molar-refractivity contribution in [2.24, 2.45) is 0 Å². The minimum Gasteiger partial charge on any atom is -0.462 e. The molecule has 1 N–H and O–H groups in total. The zero-order valence-electron chi connectivity index (χ0n) is 10.2. The molecule has 5 heteroatoms. The molecule has 1 aliphatic heterocycles. The summed E-state index contributed by atoms with van der Waals surface area (Å²) in [5, 5.41) is 3.11. The molecule has 5 nitrogen and oxygen atoms in total. The zero-order valence-corrected chi connectivity index (χ0v) is 10.2. The molecule has 0 aromatic carbocycles. The maximum absolute atomic E-state index is 11.3. The maximum Gasteiger partial charge on any atom is 0.320 e. The van der Waals surface area contributed by atoms with Gasteiger partial charge in [-0.05, 0) is 20.3 Å². The van der Waals surface area contributed by atoms with E-state index in [-0.39, 0.29) is 30.6 Å². The van der Waals surface area contributed by atoms with Gasteiger partial charge in [0.25, 0.3) is 0 Å². The van der Waals surface area contributed by atoms with Gasteiger partial charge >= 0.3 is 5.97 Å². The number of likely N-dealkylation sites (tertiary alicyclic amines) is 1. The number of amides is 1. The van der Waals surface area contributed by atoms with E-state index in [0.717, 1.165) is 6.42 Å². The van der Waals surface area contributed by atoms with Crippen LogP contribution in [0.1, 0.15) is 26.7 Å². The number of rotatable bonds is 4. The summed E-state index contributed by atoms with van der Waals surface area (Å²) in [4.78, 5) is 24.2. The fraction of sp³-hybridized carbons (Fsp3) is 0.818. The summed E-state index contributed by atoms with van der Waals surface area (Å²) in [6, 6.07) is 0.197. The van der Waals surface area contributed by atoms with E-state index in [1.165, 1.54) is 0 Å². The molecule has 1 fully saturated rings. The highest BCUT2D eigenvalue weighted by Gasteiger charge is 2.22. The molecule has 0 bridgehead atoms. The maximum atomic E-state index is 11.3. The summed E-state index contributed by atoms with van der Waals surface area (Å²) in [6.07, 6.45) is 1.26. The van der Waals surface area contributed by atoms with Gasteiger partial charge in [0, 0.05) is 26.1 Å². The molecule has 0 saturated carbocycles. The second-order valence-corrected chi connectivity index (χ2v) is 4.43. The molecule has 0 radical (unpaired) electrons. The lowest BCUT2D eigenvalue weighted by Crippen LogP contribution is -2.48. The monoisotopic (exact) mass is 228 g/mol. The Morgan fingerprint density at radius 2 is 2.31 bits per heavy atom. The minimum atomic E-state index is -0.241. The van der Waals surface area contributed by atoms with Crippen molar-refractivity contribution in [1.29, 1.82) is 0 Å². The van der Waals surface area contributed by atoms with Crippen LogP contribution in [-0.2, 0) is 14.3 Å². The van der Waals surface area contributed by atoms with Gasteiger partial charge in [-0.3, -0.25) is 9.59 Å². The quantitative estimate of drug-likeness (QED) is 0.696. The van der Waals surface area contributed by atoms with Gasteiger partial charge in [0.15, 0.2) is 0 Å². The van der Waals surface area contributed by atoms with Crippen LogP contribution in [0.5, 0.6) is 0 Å². The molecule has 0 spiro atoms. The number of nitrogens with zero attached hydrogens (tertiary/aromatic N) is 1. The van der Waals surface area contributed by atoms with Crippen LogP contribution in [0, 0.1) is 0 Å². The second-order valence-electron chi connectivity index (χ2n) is 4.43. The predicted octanol–water partition coefficient (Wildman–Crippen LogP) is 0.148. The average molecular weight is 228 g/mol. The molecular formula is C11H20N2O3. The lowest BCUT2D eigenvalue weighted by molar-refractivity contribution is -0.146. The van der Waals surface area contributed by atoms with E-state index in [9.17, 15) is 9.59 Å². The summed E-state index contributed by atoms with van der Waals surface area (Å²) in [6.45, 7) is 4.52. The van der Waals surface area contributed by atoms with Crippen LogP contribution in [0.3, 0.4) is 0 Å². The highest BCUT2D eigenvalue weighted by molar-refractivity contribution is 5.77. The molecule has 1 rings (SSSR count). The van der Waals surface area contributed by atoms with E-state index < -0.39 is 0 Å². The van der Waals surface area contributed by atoms with Crippen molar-refractivity contribution in [2.75, 3.05) is 20.1 Å². The smallest absolute Gasteiger partial charge is 0.320 e. The number of hydrogen-bond donors (Lipinski definition) is 1. The van der Waals surface area contributed by atoms with Gasteiger partial charge in [0.05, 0.1) is 12.6 Å². The lowest BCUT2D eigenvalue weighted by Gasteiger charge is -2.30. The first kappa shape index (κ1) is 13.0. The highest BCUT2D eigenvalue weighted by atomic mass is 16.5. The van der Waals surface area contributed by atoms with Crippen LogP contribution >= 0.6 is 0 Å². The first-order valence-electron chi connectivity index (χ1n) is 5.66. The largest absolute Gasteiger partial charge is 0.462 e. The molecule has 1 atom stereocenters. The Bertz CT molecular complexity index is 266. The van der Waals surface area contributed by atoms with Crippen molar-refractivity contribution in [2.45, 2.75) is 38.8 Å². The number of carbonyl (C=O) groups is 2. The normalized spacial score (nSPS) is 21.4. The SMILES string of the molecule is CC(C)OC(=O)CNC1CCC(=O)N(C)C1. The summed E-state index contributed by atoms with van der Waals surface area (Å²) >= 11 is 0. The zero-order chi connectivity index (χ0) is 12.1. The Hall–Kier alpha value is -1.10. The molecule has 92 valence electrons. The van der Waals surface area contributed by atoms with Gasteiger partial charge in [-0.1, -0.05) is 0 Å². The fourth-order valence-corrected chi connectivity index (χ4v) is 1.71. The van der Waals surface area contributed by atoms with Crippen molar-refractivity contribution in [3.63, 3.8) is 0 Å². The highest BCUT2D eigenvalue weighted by Crippen LogP contribution is 2.09. The van der Waals surface area contributed by atoms with Crippen molar-refractivity contribution < 1.29 is 14.3 Å². The Balaban J connectivity index is 2.23. The Morgan fingerprint density at radius 3 is 2.88 bits per heavy atom. The van der Waals surface area contributed by atoms with Gasteiger partial charge in [0.1, 0.15) is 0 Å². The predicted molar refractivity (Wildman–Crippen MR) is 59.9 cm³/mol. The fourth-order valence-electron chi connectivity index (χ4n) is 1.71. The third-order valence-corrected chi connectivity index (χ3v) is 2.53. The van der Waals surface area contributed by atoms with Gasteiger partial charge in [-0.2, -0.15) is 0 Å². The molecule has 1 unspecified atom stereocenters. The first-order chi connectivity index (χ1) is 7.49. The number of piperidine rings is 1. The van der Waals surface area contributed by atoms with E-state index in [4.69, 9.17) is 4.74 Å². The van der Waals surface area contributed by atoms with Crippen LogP contribution in [0.4, 0.5) is 0 Å². The van der Waals surface area contributed by atoms with Crippen LogP contribution in [0.2, 0.25) is 0 Å². The van der Waals surface area contributed by atoms with Crippen molar-refractivity contribution in [1.82, 2.24) is 10.2 Å². The summed E-state index contributed by atoms with van der Waals surface area (Å²) in [5.74, 6) is -0.0719. The van der Waals surface area contributed by atoms with Crippen molar-refractivity contribution in [3.05, 3.63) is 0 Å². The Morgan fingerprint density at radius 1 is 1.62 bits per heavy atom. The molecule has 1 saturated heterocycles. The molecule has 0 aliphatic carbocycles. The van der Waals surface area contributed by atoms with Gasteiger partial charge in [0.2, 0.25) is 5.91 Å². The molecule has 0 aromatic rings. The lowest BCUT2D eigenvalue weighted by atomic mass is 10.1. The number of esters is 1. The molecule has 0 aromatic heterocycles. The summed E-state index contributed by atoms with van der Waals surface area (Å²) < 4.78 is 5.01. The molecule has 1 aliphatic rings. The second kappa shape index (κ2) is 5.84. The molecular weight excluding hydrogens is 208 g/mol. The number of ether oxygens (including phenoxy) is 1. The first-order valence-corrected chi connectivity index (χ1v) is 5.66. The third-order valence-electron chi connectivity index (χ3n) is 2.53. The molecule has 1 heterocycles. The average Bonchev–Trinajstić information content (AvgIpc) is 2.19. The number of hydrogen-bond acceptors (Lipinski definition) is 4. The van der Waals surface area contributed by atoms with E-state index in [0.29, 0.717) is 13.0 Å². The standard InChI is InChI=1S/C11H20N2O3/c1-8(2)16-11(15)6-12-9-4-5-10(14)13(3)7-9/h8-9,12H,4-7H2,1-3H3. The number of carbonyl (C=O) groups excluding carboxylic acids is 2. The van der Waals surface area contributed by atoms with Crippen LogP contribution in [0.15, 0.2) is 0 Å². The van der Waals surface area contributed by atoms with Gasteiger partial charge < -0.3 is 15.0 Å². The molecule has 1 amide bonds. The molecule has 16 heavy (non-hydrogen) atoms. The number of nitrogens with one attached hydrogen (secondary N) is 1. The number of likely N-dealkylation sites (N-methyl/N-ethyl adjacent to an activating group) is 1. The van der Waals surface area contributed by atoms with Gasteiger partial charge in [-0.25, -0.2) is 0 Å². The van der Waals surface area contributed by atoms with Crippen LogP contribution in [-0.4, -0.2) is 49.1 Å². The summed E-state index contributed by atoms with van der Waals surface area (Å²) in [7, 11) is 1.78. The van der Waals surface area contributed by atoms with Crippen LogP contribution in [0.25, 0.3) is 0 Å². The summed E-state index contributed by atoms with van der Waals surface area (Å²) in [5.41, 5.74) is 0. The third kappa shape index (κ3) is 4.18.